The third-order valence-corrected chi connectivity index (χ3v) is 4.06. The van der Waals surface area contributed by atoms with E-state index in [0.29, 0.717) is 28.6 Å². The van der Waals surface area contributed by atoms with Crippen LogP contribution in [0, 0.1) is 0 Å². The zero-order chi connectivity index (χ0) is 16.2. The second-order valence-corrected chi connectivity index (χ2v) is 5.84. The zero-order valence-electron chi connectivity index (χ0n) is 12.5. The summed E-state index contributed by atoms with van der Waals surface area (Å²) in [7, 11) is 0. The fourth-order valence-electron chi connectivity index (χ4n) is 2.10. The van der Waals surface area contributed by atoms with Crippen LogP contribution in [0.2, 0.25) is 0 Å². The predicted octanol–water partition coefficient (Wildman–Crippen LogP) is 4.08. The summed E-state index contributed by atoms with van der Waals surface area (Å²) < 4.78 is 10.9. The summed E-state index contributed by atoms with van der Waals surface area (Å²) in [5.41, 5.74) is 1.79. The van der Waals surface area contributed by atoms with Gasteiger partial charge in [0.1, 0.15) is 0 Å². The molecule has 0 bridgehead atoms. The maximum atomic E-state index is 5.64. The summed E-state index contributed by atoms with van der Waals surface area (Å²) in [5.74, 6) is 2.07. The molecule has 24 heavy (non-hydrogen) atoms. The molecule has 0 aliphatic rings. The molecule has 0 fully saturated rings. The molecule has 2 aromatic carbocycles. The minimum absolute atomic E-state index is 0.472. The largest absolute Gasteiger partial charge is 0.411 e. The highest BCUT2D eigenvalue weighted by Crippen LogP contribution is 2.25. The van der Waals surface area contributed by atoms with Crippen LogP contribution in [-0.4, -0.2) is 20.3 Å². The van der Waals surface area contributed by atoms with Gasteiger partial charge in [0.15, 0.2) is 5.82 Å². The van der Waals surface area contributed by atoms with E-state index < -0.39 is 0 Å². The lowest BCUT2D eigenvalue weighted by Crippen LogP contribution is -1.84. The summed E-state index contributed by atoms with van der Waals surface area (Å²) in [6.45, 7) is 0. The molecule has 7 heteroatoms. The van der Waals surface area contributed by atoms with E-state index in [0.717, 1.165) is 11.1 Å². The van der Waals surface area contributed by atoms with E-state index in [2.05, 4.69) is 20.3 Å². The summed E-state index contributed by atoms with van der Waals surface area (Å²) in [6, 6.07) is 19.3. The van der Waals surface area contributed by atoms with Gasteiger partial charge >= 0.3 is 0 Å². The minimum atomic E-state index is 0.472. The Labute approximate surface area is 141 Å². The van der Waals surface area contributed by atoms with Crippen LogP contribution in [0.1, 0.15) is 5.82 Å². The van der Waals surface area contributed by atoms with Crippen LogP contribution in [0.4, 0.5) is 0 Å². The Bertz CT molecular complexity index is 844. The van der Waals surface area contributed by atoms with Gasteiger partial charge < -0.3 is 8.94 Å². The Morgan fingerprint density at radius 2 is 1.46 bits per heavy atom. The van der Waals surface area contributed by atoms with Gasteiger partial charge in [0, 0.05) is 11.1 Å². The maximum absolute atomic E-state index is 5.64. The van der Waals surface area contributed by atoms with Crippen LogP contribution in [-0.2, 0) is 5.75 Å². The first-order chi connectivity index (χ1) is 11.9. The Balaban J connectivity index is 1.43. The Kier molecular flexibility index (Phi) is 4.07. The molecule has 0 aliphatic heterocycles. The Morgan fingerprint density at radius 1 is 0.792 bits per heavy atom. The summed E-state index contributed by atoms with van der Waals surface area (Å²) in [5, 5.41) is 12.5. The molecular formula is C17H12N4O2S. The molecule has 0 N–H and O–H groups in total. The quantitative estimate of drug-likeness (QED) is 0.508. The summed E-state index contributed by atoms with van der Waals surface area (Å²) in [6.07, 6.45) is 0. The molecule has 0 spiro atoms. The number of aromatic nitrogens is 4. The van der Waals surface area contributed by atoms with Crippen LogP contribution >= 0.6 is 11.8 Å². The van der Waals surface area contributed by atoms with Gasteiger partial charge in [-0.05, 0) is 24.3 Å². The lowest BCUT2D eigenvalue weighted by atomic mass is 10.2. The van der Waals surface area contributed by atoms with Gasteiger partial charge in [0.05, 0.1) is 5.75 Å². The van der Waals surface area contributed by atoms with Crippen molar-refractivity contribution in [2.45, 2.75) is 11.0 Å². The van der Waals surface area contributed by atoms with E-state index in [-0.39, 0.29) is 0 Å². The monoisotopic (exact) mass is 336 g/mol. The molecule has 4 aromatic rings. The predicted molar refractivity (Wildman–Crippen MR) is 89.0 cm³/mol. The van der Waals surface area contributed by atoms with E-state index >= 15 is 0 Å². The van der Waals surface area contributed by atoms with Crippen molar-refractivity contribution >= 4 is 11.8 Å². The first-order valence-corrected chi connectivity index (χ1v) is 8.27. The number of hydrogen-bond donors (Lipinski definition) is 0. The first kappa shape index (κ1) is 14.6. The number of rotatable bonds is 5. The standard InChI is InChI=1S/C17H12N4O2S/c1-3-7-12(8-4-1)15-18-14(21-23-15)11-24-17-20-19-16(22-17)13-9-5-2-6-10-13/h1-10H,11H2. The van der Waals surface area contributed by atoms with Crippen molar-refractivity contribution in [3.63, 3.8) is 0 Å². The van der Waals surface area contributed by atoms with Crippen LogP contribution in [0.5, 0.6) is 0 Å². The SMILES string of the molecule is c1ccc(-c2nc(CSc3nnc(-c4ccccc4)o3)no2)cc1. The van der Waals surface area contributed by atoms with Crippen LogP contribution in [0.25, 0.3) is 22.9 Å². The molecule has 0 aliphatic carbocycles. The van der Waals surface area contributed by atoms with E-state index in [1.165, 1.54) is 11.8 Å². The molecule has 0 saturated carbocycles. The molecule has 4 rings (SSSR count). The normalized spacial score (nSPS) is 10.8. The maximum Gasteiger partial charge on any atom is 0.277 e. The number of nitrogens with zero attached hydrogens (tertiary/aromatic N) is 4. The van der Waals surface area contributed by atoms with Crippen LogP contribution < -0.4 is 0 Å². The molecule has 0 amide bonds. The summed E-state index contributed by atoms with van der Waals surface area (Å²) in [4.78, 5) is 4.37. The van der Waals surface area contributed by atoms with Crippen molar-refractivity contribution < 1.29 is 8.94 Å². The van der Waals surface area contributed by atoms with Crippen molar-refractivity contribution in [3.8, 4) is 22.9 Å². The van der Waals surface area contributed by atoms with Crippen molar-refractivity contribution in [1.82, 2.24) is 20.3 Å². The topological polar surface area (TPSA) is 77.8 Å². The fraction of sp³-hybridized carbons (Fsp3) is 0.0588. The Morgan fingerprint density at radius 3 is 2.17 bits per heavy atom. The third kappa shape index (κ3) is 3.21. The Hall–Kier alpha value is -2.93. The lowest BCUT2D eigenvalue weighted by molar-refractivity contribution is 0.425. The van der Waals surface area contributed by atoms with Crippen molar-refractivity contribution in [1.29, 1.82) is 0 Å². The zero-order valence-corrected chi connectivity index (χ0v) is 13.3. The summed E-state index contributed by atoms with van der Waals surface area (Å²) >= 11 is 1.37. The smallest absolute Gasteiger partial charge is 0.277 e. The minimum Gasteiger partial charge on any atom is -0.411 e. The van der Waals surface area contributed by atoms with Gasteiger partial charge in [-0.25, -0.2) is 0 Å². The van der Waals surface area contributed by atoms with Gasteiger partial charge in [-0.2, -0.15) is 4.98 Å². The van der Waals surface area contributed by atoms with E-state index in [1.807, 2.05) is 60.7 Å². The van der Waals surface area contributed by atoms with Gasteiger partial charge in [-0.15, -0.1) is 10.2 Å². The van der Waals surface area contributed by atoms with Gasteiger partial charge in [0.2, 0.25) is 5.89 Å². The van der Waals surface area contributed by atoms with Crippen molar-refractivity contribution in [2.75, 3.05) is 0 Å². The van der Waals surface area contributed by atoms with E-state index in [1.54, 1.807) is 0 Å². The second-order valence-electron chi connectivity index (χ2n) is 4.91. The molecule has 2 heterocycles. The average Bonchev–Trinajstić information content (AvgIpc) is 3.31. The average molecular weight is 336 g/mol. The van der Waals surface area contributed by atoms with Gasteiger partial charge in [0.25, 0.3) is 11.1 Å². The van der Waals surface area contributed by atoms with Gasteiger partial charge in [-0.1, -0.05) is 53.3 Å². The number of hydrogen-bond acceptors (Lipinski definition) is 7. The molecule has 6 nitrogen and oxygen atoms in total. The first-order valence-electron chi connectivity index (χ1n) is 7.28. The highest BCUT2D eigenvalue weighted by Gasteiger charge is 2.12. The third-order valence-electron chi connectivity index (χ3n) is 3.24. The fourth-order valence-corrected chi connectivity index (χ4v) is 2.71. The lowest BCUT2D eigenvalue weighted by Gasteiger charge is -1.92. The molecule has 0 radical (unpaired) electrons. The second kappa shape index (κ2) is 6.67. The molecule has 0 saturated heterocycles. The highest BCUT2D eigenvalue weighted by atomic mass is 32.2. The van der Waals surface area contributed by atoms with Gasteiger partial charge in [-0.3, -0.25) is 0 Å². The molecular weight excluding hydrogens is 324 g/mol. The van der Waals surface area contributed by atoms with E-state index in [9.17, 15) is 0 Å². The molecule has 0 atom stereocenters. The molecule has 2 aromatic heterocycles. The van der Waals surface area contributed by atoms with Crippen molar-refractivity contribution in [3.05, 3.63) is 66.5 Å². The number of benzene rings is 2. The number of thioether (sulfide) groups is 1. The van der Waals surface area contributed by atoms with Crippen LogP contribution in [0.3, 0.4) is 0 Å². The van der Waals surface area contributed by atoms with Crippen molar-refractivity contribution in [2.24, 2.45) is 0 Å². The van der Waals surface area contributed by atoms with Crippen LogP contribution in [0.15, 0.2) is 74.8 Å². The molecule has 118 valence electrons. The van der Waals surface area contributed by atoms with E-state index in [4.69, 9.17) is 8.94 Å². The molecule has 0 unspecified atom stereocenters. The highest BCUT2D eigenvalue weighted by molar-refractivity contribution is 7.98.